The van der Waals surface area contributed by atoms with Crippen molar-refractivity contribution in [2.24, 2.45) is 0 Å². The van der Waals surface area contributed by atoms with Gasteiger partial charge in [-0.3, -0.25) is 9.78 Å². The fourth-order valence-electron chi connectivity index (χ4n) is 3.39. The number of aromatic nitrogens is 3. The highest BCUT2D eigenvalue weighted by Gasteiger charge is 2.39. The summed E-state index contributed by atoms with van der Waals surface area (Å²) in [6.45, 7) is 3.55. The smallest absolute Gasteiger partial charge is 0.244 e. The minimum Gasteiger partial charge on any atom is -0.343 e. The summed E-state index contributed by atoms with van der Waals surface area (Å²) in [6.07, 6.45) is 11.7. The number of nitrogens with one attached hydrogen (secondary N) is 1. The highest BCUT2D eigenvalue weighted by Crippen LogP contribution is 2.41. The summed E-state index contributed by atoms with van der Waals surface area (Å²) < 4.78 is 1.81. The Kier molecular flexibility index (Phi) is 4.13. The average molecular weight is 344 g/mol. The van der Waals surface area contributed by atoms with Gasteiger partial charge in [-0.2, -0.15) is 5.10 Å². The lowest BCUT2D eigenvalue weighted by Crippen LogP contribution is -2.50. The van der Waals surface area contributed by atoms with Crippen LogP contribution in [-0.4, -0.2) is 20.7 Å². The molecule has 2 aromatic heterocycles. The van der Waals surface area contributed by atoms with Gasteiger partial charge in [0, 0.05) is 18.0 Å². The normalized spacial score (nSPS) is 15.1. The standard InChI is InChI=1S/C21H20N4O/c1-2-20(26)24-21(10-4-11-21)18-8-6-16(7-9-18)17-13-23-25(15-17)19-5-3-12-22-14-19/h2-3,5-9,12-15H,1,4,10-11H2,(H,24,26). The lowest BCUT2D eigenvalue weighted by molar-refractivity contribution is -0.119. The van der Waals surface area contributed by atoms with Gasteiger partial charge in [-0.25, -0.2) is 4.68 Å². The molecule has 0 radical (unpaired) electrons. The second kappa shape index (κ2) is 6.59. The summed E-state index contributed by atoms with van der Waals surface area (Å²) in [5.41, 5.74) is 3.95. The highest BCUT2D eigenvalue weighted by molar-refractivity contribution is 5.87. The fourth-order valence-corrected chi connectivity index (χ4v) is 3.39. The van der Waals surface area contributed by atoms with E-state index < -0.39 is 0 Å². The van der Waals surface area contributed by atoms with Gasteiger partial charge in [-0.15, -0.1) is 0 Å². The second-order valence-corrected chi connectivity index (χ2v) is 6.59. The molecule has 0 unspecified atom stereocenters. The molecule has 3 aromatic rings. The monoisotopic (exact) mass is 344 g/mol. The summed E-state index contributed by atoms with van der Waals surface area (Å²) in [7, 11) is 0. The molecular weight excluding hydrogens is 324 g/mol. The van der Waals surface area contributed by atoms with Crippen LogP contribution in [0, 0.1) is 0 Å². The summed E-state index contributed by atoms with van der Waals surface area (Å²) in [5.74, 6) is -0.119. The molecule has 1 aliphatic rings. The molecule has 0 atom stereocenters. The van der Waals surface area contributed by atoms with Crippen LogP contribution >= 0.6 is 0 Å². The van der Waals surface area contributed by atoms with Gasteiger partial charge in [0.05, 0.1) is 23.6 Å². The first-order chi connectivity index (χ1) is 12.7. The topological polar surface area (TPSA) is 59.8 Å². The molecule has 130 valence electrons. The van der Waals surface area contributed by atoms with Crippen LogP contribution in [0.15, 0.2) is 73.8 Å². The molecular formula is C21H20N4O. The number of hydrogen-bond acceptors (Lipinski definition) is 3. The van der Waals surface area contributed by atoms with Crippen molar-refractivity contribution in [3.05, 3.63) is 79.4 Å². The lowest BCUT2D eigenvalue weighted by atomic mass is 9.71. The van der Waals surface area contributed by atoms with E-state index in [1.807, 2.05) is 29.2 Å². The van der Waals surface area contributed by atoms with Crippen LogP contribution in [-0.2, 0) is 10.3 Å². The second-order valence-electron chi connectivity index (χ2n) is 6.59. The zero-order valence-corrected chi connectivity index (χ0v) is 14.4. The number of amides is 1. The van der Waals surface area contributed by atoms with Crippen LogP contribution in [0.2, 0.25) is 0 Å². The Morgan fingerprint density at radius 1 is 1.15 bits per heavy atom. The number of carbonyl (C=O) groups is 1. The van der Waals surface area contributed by atoms with E-state index in [1.54, 1.807) is 12.4 Å². The number of hydrogen-bond donors (Lipinski definition) is 1. The summed E-state index contributed by atoms with van der Waals surface area (Å²) in [4.78, 5) is 15.9. The first-order valence-electron chi connectivity index (χ1n) is 8.71. The number of nitrogens with zero attached hydrogens (tertiary/aromatic N) is 3. The third-order valence-electron chi connectivity index (χ3n) is 5.02. The molecule has 5 nitrogen and oxygen atoms in total. The summed E-state index contributed by atoms with van der Waals surface area (Å²) in [5, 5.41) is 7.52. The molecule has 1 N–H and O–H groups in total. The van der Waals surface area contributed by atoms with Crippen LogP contribution < -0.4 is 5.32 Å². The van der Waals surface area contributed by atoms with E-state index in [0.29, 0.717) is 0 Å². The van der Waals surface area contributed by atoms with Gasteiger partial charge in [0.1, 0.15) is 0 Å². The van der Waals surface area contributed by atoms with Gasteiger partial charge >= 0.3 is 0 Å². The Morgan fingerprint density at radius 3 is 2.58 bits per heavy atom. The molecule has 4 rings (SSSR count). The fraction of sp³-hybridized carbons (Fsp3) is 0.190. The van der Waals surface area contributed by atoms with E-state index in [1.165, 1.54) is 6.08 Å². The minimum atomic E-state index is -0.246. The average Bonchev–Trinajstić information content (AvgIpc) is 3.15. The molecule has 0 aliphatic heterocycles. The van der Waals surface area contributed by atoms with Crippen LogP contribution in [0.25, 0.3) is 16.8 Å². The molecule has 0 bridgehead atoms. The van der Waals surface area contributed by atoms with Crippen LogP contribution in [0.3, 0.4) is 0 Å². The minimum absolute atomic E-state index is 0.119. The van der Waals surface area contributed by atoms with E-state index in [9.17, 15) is 4.79 Å². The quantitative estimate of drug-likeness (QED) is 0.719. The van der Waals surface area contributed by atoms with Crippen molar-refractivity contribution >= 4 is 5.91 Å². The van der Waals surface area contributed by atoms with E-state index in [2.05, 4.69) is 46.2 Å². The van der Waals surface area contributed by atoms with Crippen molar-refractivity contribution in [1.82, 2.24) is 20.1 Å². The molecule has 5 heteroatoms. The van der Waals surface area contributed by atoms with Gasteiger partial charge < -0.3 is 5.32 Å². The van der Waals surface area contributed by atoms with E-state index in [0.717, 1.165) is 41.6 Å². The molecule has 1 saturated carbocycles. The molecule has 2 heterocycles. The highest BCUT2D eigenvalue weighted by atomic mass is 16.1. The van der Waals surface area contributed by atoms with Crippen molar-refractivity contribution < 1.29 is 4.79 Å². The van der Waals surface area contributed by atoms with Crippen LogP contribution in [0.1, 0.15) is 24.8 Å². The largest absolute Gasteiger partial charge is 0.343 e. The molecule has 1 aromatic carbocycles. The van der Waals surface area contributed by atoms with Gasteiger partial charge in [-0.05, 0) is 48.6 Å². The van der Waals surface area contributed by atoms with Gasteiger partial charge in [0.15, 0.2) is 0 Å². The number of rotatable bonds is 5. The maximum absolute atomic E-state index is 11.8. The van der Waals surface area contributed by atoms with Crippen LogP contribution in [0.4, 0.5) is 0 Å². The summed E-state index contributed by atoms with van der Waals surface area (Å²) in [6, 6.07) is 12.2. The molecule has 1 amide bonds. The van der Waals surface area contributed by atoms with Gasteiger partial charge in [0.25, 0.3) is 0 Å². The predicted molar refractivity (Wildman–Crippen MR) is 101 cm³/mol. The maximum Gasteiger partial charge on any atom is 0.244 e. The van der Waals surface area contributed by atoms with Gasteiger partial charge in [-0.1, -0.05) is 30.8 Å². The third-order valence-corrected chi connectivity index (χ3v) is 5.02. The molecule has 0 saturated heterocycles. The zero-order valence-electron chi connectivity index (χ0n) is 14.4. The Hall–Kier alpha value is -3.21. The zero-order chi connectivity index (χ0) is 18.0. The SMILES string of the molecule is C=CC(=O)NC1(c2ccc(-c3cnn(-c4cccnc4)c3)cc2)CCC1. The molecule has 1 aliphatic carbocycles. The maximum atomic E-state index is 11.8. The molecule has 26 heavy (non-hydrogen) atoms. The molecule has 1 fully saturated rings. The van der Waals surface area contributed by atoms with Gasteiger partial charge in [0.2, 0.25) is 5.91 Å². The molecule has 0 spiro atoms. The van der Waals surface area contributed by atoms with Crippen molar-refractivity contribution in [2.45, 2.75) is 24.8 Å². The van der Waals surface area contributed by atoms with Crippen molar-refractivity contribution in [3.63, 3.8) is 0 Å². The Morgan fingerprint density at radius 2 is 1.96 bits per heavy atom. The van der Waals surface area contributed by atoms with E-state index in [-0.39, 0.29) is 11.4 Å². The van der Waals surface area contributed by atoms with E-state index >= 15 is 0 Å². The van der Waals surface area contributed by atoms with E-state index in [4.69, 9.17) is 0 Å². The Balaban J connectivity index is 1.58. The summed E-state index contributed by atoms with van der Waals surface area (Å²) >= 11 is 0. The number of carbonyl (C=O) groups excluding carboxylic acids is 1. The van der Waals surface area contributed by atoms with Crippen molar-refractivity contribution in [3.8, 4) is 16.8 Å². The first-order valence-corrected chi connectivity index (χ1v) is 8.71. The van der Waals surface area contributed by atoms with Crippen LogP contribution in [0.5, 0.6) is 0 Å². The number of pyridine rings is 1. The third kappa shape index (κ3) is 2.92. The predicted octanol–water partition coefficient (Wildman–Crippen LogP) is 3.62. The number of benzene rings is 1. The van der Waals surface area contributed by atoms with Crippen molar-refractivity contribution in [2.75, 3.05) is 0 Å². The Labute approximate surface area is 152 Å². The lowest BCUT2D eigenvalue weighted by Gasteiger charge is -2.43. The Bertz CT molecular complexity index is 924. The first kappa shape index (κ1) is 16.3. The van der Waals surface area contributed by atoms with Crippen molar-refractivity contribution in [1.29, 1.82) is 0 Å².